The number of amides is 1. The van der Waals surface area contributed by atoms with Gasteiger partial charge in [-0.15, -0.1) is 0 Å². The van der Waals surface area contributed by atoms with Crippen molar-refractivity contribution in [2.24, 2.45) is 5.73 Å². The molecule has 110 valence electrons. The molecule has 2 rings (SSSR count). The van der Waals surface area contributed by atoms with E-state index in [9.17, 15) is 17.6 Å². The Kier molecular flexibility index (Phi) is 4.15. The average Bonchev–Trinajstić information content (AvgIpc) is 2.41. The fraction of sp³-hybridized carbons (Fsp3) is 0. The maximum Gasteiger partial charge on any atom is 0.264 e. The molecule has 0 saturated carbocycles. The molecule has 1 amide bonds. The normalized spacial score (nSPS) is 11.1. The van der Waals surface area contributed by atoms with Crippen LogP contribution in [0.15, 0.2) is 47.4 Å². The Labute approximate surface area is 125 Å². The highest BCUT2D eigenvalue weighted by Gasteiger charge is 2.22. The predicted octanol–water partition coefficient (Wildman–Crippen LogP) is 2.38. The molecular weight excluding hydrogens is 319 g/mol. The Morgan fingerprint density at radius 2 is 1.81 bits per heavy atom. The van der Waals surface area contributed by atoms with E-state index >= 15 is 0 Å². The van der Waals surface area contributed by atoms with E-state index in [2.05, 4.69) is 4.72 Å². The minimum atomic E-state index is -4.24. The third-order valence-corrected chi connectivity index (χ3v) is 4.32. The number of halogens is 2. The Morgan fingerprint density at radius 3 is 2.48 bits per heavy atom. The number of rotatable bonds is 4. The van der Waals surface area contributed by atoms with Crippen LogP contribution < -0.4 is 10.5 Å². The predicted molar refractivity (Wildman–Crippen MR) is 77.2 cm³/mol. The fourth-order valence-electron chi connectivity index (χ4n) is 1.68. The van der Waals surface area contributed by atoms with E-state index in [0.717, 1.165) is 6.07 Å². The Hall–Kier alpha value is -2.12. The van der Waals surface area contributed by atoms with Gasteiger partial charge in [0.25, 0.3) is 15.9 Å². The smallest absolute Gasteiger partial charge is 0.264 e. The van der Waals surface area contributed by atoms with E-state index in [-0.39, 0.29) is 16.3 Å². The summed E-state index contributed by atoms with van der Waals surface area (Å²) in [4.78, 5) is 10.6. The summed E-state index contributed by atoms with van der Waals surface area (Å²) >= 11 is 5.56. The number of nitrogens with two attached hydrogens (primary N) is 1. The van der Waals surface area contributed by atoms with Crippen LogP contribution in [0, 0.1) is 5.82 Å². The van der Waals surface area contributed by atoms with Crippen molar-refractivity contribution in [3.05, 3.63) is 58.9 Å². The summed E-state index contributed by atoms with van der Waals surface area (Å²) in [5.41, 5.74) is 5.10. The highest BCUT2D eigenvalue weighted by molar-refractivity contribution is 7.92. The van der Waals surface area contributed by atoms with Crippen LogP contribution >= 0.6 is 11.6 Å². The number of carbonyl (C=O) groups excluding carboxylic acids is 1. The van der Waals surface area contributed by atoms with E-state index in [4.69, 9.17) is 17.3 Å². The molecule has 0 heterocycles. The number of para-hydroxylation sites is 1. The summed E-state index contributed by atoms with van der Waals surface area (Å²) in [6.45, 7) is 0. The SMILES string of the molecule is NC(=O)c1ccccc1NS(=O)(=O)c1cccc(Cl)c1F. The molecule has 0 aromatic heterocycles. The molecule has 0 unspecified atom stereocenters. The van der Waals surface area contributed by atoms with Gasteiger partial charge in [0, 0.05) is 0 Å². The number of anilines is 1. The summed E-state index contributed by atoms with van der Waals surface area (Å²) in [5, 5.41) is -0.318. The van der Waals surface area contributed by atoms with Crippen molar-refractivity contribution in [1.82, 2.24) is 0 Å². The molecule has 0 spiro atoms. The maximum atomic E-state index is 13.8. The number of sulfonamides is 1. The first-order chi connectivity index (χ1) is 9.83. The molecule has 2 aromatic carbocycles. The summed E-state index contributed by atoms with van der Waals surface area (Å²) in [6.07, 6.45) is 0. The molecule has 0 radical (unpaired) electrons. The third kappa shape index (κ3) is 3.14. The molecular formula is C13H10ClFN2O3S. The molecule has 2 aromatic rings. The number of hydrogen-bond donors (Lipinski definition) is 2. The van der Waals surface area contributed by atoms with Crippen molar-refractivity contribution in [3.63, 3.8) is 0 Å². The zero-order valence-corrected chi connectivity index (χ0v) is 12.1. The van der Waals surface area contributed by atoms with E-state index < -0.39 is 26.6 Å². The van der Waals surface area contributed by atoms with Gasteiger partial charge >= 0.3 is 0 Å². The molecule has 0 aliphatic carbocycles. The first kappa shape index (κ1) is 15.3. The second kappa shape index (κ2) is 5.71. The molecule has 0 atom stereocenters. The van der Waals surface area contributed by atoms with E-state index in [0.29, 0.717) is 0 Å². The summed E-state index contributed by atoms with van der Waals surface area (Å²) < 4.78 is 40.3. The molecule has 8 heteroatoms. The van der Waals surface area contributed by atoms with Gasteiger partial charge in [0.2, 0.25) is 0 Å². The quantitative estimate of drug-likeness (QED) is 0.903. The largest absolute Gasteiger partial charge is 0.366 e. The topological polar surface area (TPSA) is 89.3 Å². The summed E-state index contributed by atoms with van der Waals surface area (Å²) in [7, 11) is -4.24. The second-order valence-electron chi connectivity index (χ2n) is 4.07. The number of nitrogens with one attached hydrogen (secondary N) is 1. The highest BCUT2D eigenvalue weighted by atomic mass is 35.5. The number of benzene rings is 2. The molecule has 0 bridgehead atoms. The van der Waals surface area contributed by atoms with Crippen molar-refractivity contribution in [3.8, 4) is 0 Å². The lowest BCUT2D eigenvalue weighted by Gasteiger charge is -2.11. The molecule has 21 heavy (non-hydrogen) atoms. The summed E-state index contributed by atoms with van der Waals surface area (Å²) in [5.74, 6) is -1.87. The zero-order valence-electron chi connectivity index (χ0n) is 10.5. The van der Waals surface area contributed by atoms with Gasteiger partial charge in [-0.2, -0.15) is 0 Å². The van der Waals surface area contributed by atoms with Crippen LogP contribution in [-0.2, 0) is 10.0 Å². The van der Waals surface area contributed by atoms with Gasteiger partial charge in [-0.3, -0.25) is 9.52 Å². The lowest BCUT2D eigenvalue weighted by molar-refractivity contribution is 0.100. The van der Waals surface area contributed by atoms with Gasteiger partial charge in [0.05, 0.1) is 16.3 Å². The van der Waals surface area contributed by atoms with Crippen LogP contribution in [0.5, 0.6) is 0 Å². The van der Waals surface area contributed by atoms with Crippen LogP contribution in [0.4, 0.5) is 10.1 Å². The van der Waals surface area contributed by atoms with Crippen molar-refractivity contribution in [2.45, 2.75) is 4.90 Å². The van der Waals surface area contributed by atoms with E-state index in [1.165, 1.54) is 36.4 Å². The number of carbonyl (C=O) groups is 1. The van der Waals surface area contributed by atoms with Crippen LogP contribution in [0.3, 0.4) is 0 Å². The van der Waals surface area contributed by atoms with Crippen molar-refractivity contribution >= 4 is 33.2 Å². The van der Waals surface area contributed by atoms with E-state index in [1.54, 1.807) is 0 Å². The van der Waals surface area contributed by atoms with Crippen LogP contribution in [0.1, 0.15) is 10.4 Å². The third-order valence-electron chi connectivity index (χ3n) is 2.64. The van der Waals surface area contributed by atoms with Gasteiger partial charge < -0.3 is 5.73 Å². The minimum absolute atomic E-state index is 0.0245. The number of hydrogen-bond acceptors (Lipinski definition) is 3. The van der Waals surface area contributed by atoms with Gasteiger partial charge in [-0.05, 0) is 24.3 Å². The second-order valence-corrected chi connectivity index (χ2v) is 6.13. The zero-order chi connectivity index (χ0) is 15.6. The Balaban J connectivity index is 2.48. The monoisotopic (exact) mass is 328 g/mol. The van der Waals surface area contributed by atoms with Gasteiger partial charge in [0.15, 0.2) is 5.82 Å². The lowest BCUT2D eigenvalue weighted by Crippen LogP contribution is -2.19. The average molecular weight is 329 g/mol. The highest BCUT2D eigenvalue weighted by Crippen LogP contribution is 2.25. The first-order valence-corrected chi connectivity index (χ1v) is 7.54. The summed E-state index contributed by atoms with van der Waals surface area (Å²) in [6, 6.07) is 9.34. The van der Waals surface area contributed by atoms with E-state index in [1.807, 2.05) is 0 Å². The molecule has 0 fully saturated rings. The molecule has 0 aliphatic rings. The van der Waals surface area contributed by atoms with Crippen LogP contribution in [0.2, 0.25) is 5.02 Å². The van der Waals surface area contributed by atoms with Crippen LogP contribution in [0.25, 0.3) is 0 Å². The number of primary amides is 1. The first-order valence-electron chi connectivity index (χ1n) is 5.68. The van der Waals surface area contributed by atoms with Crippen LogP contribution in [-0.4, -0.2) is 14.3 Å². The van der Waals surface area contributed by atoms with Gasteiger partial charge in [-0.25, -0.2) is 12.8 Å². The lowest BCUT2D eigenvalue weighted by atomic mass is 10.2. The molecule has 0 saturated heterocycles. The van der Waals surface area contributed by atoms with Gasteiger partial charge in [0.1, 0.15) is 4.90 Å². The molecule has 0 aliphatic heterocycles. The van der Waals surface area contributed by atoms with Gasteiger partial charge in [-0.1, -0.05) is 29.8 Å². The van der Waals surface area contributed by atoms with Crippen molar-refractivity contribution in [1.29, 1.82) is 0 Å². The van der Waals surface area contributed by atoms with Crippen molar-refractivity contribution in [2.75, 3.05) is 4.72 Å². The fourth-order valence-corrected chi connectivity index (χ4v) is 3.09. The maximum absolute atomic E-state index is 13.8. The minimum Gasteiger partial charge on any atom is -0.366 e. The Morgan fingerprint density at radius 1 is 1.14 bits per heavy atom. The standard InChI is InChI=1S/C13H10ClFN2O3S/c14-9-5-3-7-11(12(9)15)21(19,20)17-10-6-2-1-4-8(10)13(16)18/h1-7,17H,(H2,16,18). The molecule has 5 nitrogen and oxygen atoms in total. The van der Waals surface area contributed by atoms with Crippen molar-refractivity contribution < 1.29 is 17.6 Å². The molecule has 3 N–H and O–H groups in total. The Bertz CT molecular complexity index is 809.